The maximum Gasteiger partial charge on any atom is 0.137 e. The van der Waals surface area contributed by atoms with Crippen LogP contribution in [0.2, 0.25) is 5.15 Å². The zero-order valence-electron chi connectivity index (χ0n) is 12.1. The SMILES string of the molecule is Cc1c(Cl)nc(C(C)(C)C)nc1NC(C)(CO)CO. The molecule has 0 atom stereocenters. The van der Waals surface area contributed by atoms with E-state index in [-0.39, 0.29) is 18.6 Å². The van der Waals surface area contributed by atoms with Crippen LogP contribution in [0.25, 0.3) is 0 Å². The maximum atomic E-state index is 9.34. The van der Waals surface area contributed by atoms with E-state index in [1.165, 1.54) is 0 Å². The van der Waals surface area contributed by atoms with Crippen molar-refractivity contribution in [3.8, 4) is 0 Å². The van der Waals surface area contributed by atoms with Crippen LogP contribution in [0.3, 0.4) is 0 Å². The molecule has 0 aromatic carbocycles. The van der Waals surface area contributed by atoms with Crippen molar-refractivity contribution in [1.82, 2.24) is 9.97 Å². The van der Waals surface area contributed by atoms with E-state index < -0.39 is 5.54 Å². The van der Waals surface area contributed by atoms with Crippen LogP contribution in [0, 0.1) is 6.92 Å². The number of anilines is 1. The average Bonchev–Trinajstić information content (AvgIpc) is 2.33. The summed E-state index contributed by atoms with van der Waals surface area (Å²) in [6.45, 7) is 9.06. The van der Waals surface area contributed by atoms with E-state index in [1.807, 2.05) is 20.8 Å². The summed E-state index contributed by atoms with van der Waals surface area (Å²) in [5.41, 5.74) is -0.386. The van der Waals surface area contributed by atoms with Gasteiger partial charge in [-0.1, -0.05) is 32.4 Å². The first-order chi connectivity index (χ1) is 8.63. The van der Waals surface area contributed by atoms with Crippen LogP contribution < -0.4 is 5.32 Å². The molecule has 1 heterocycles. The van der Waals surface area contributed by atoms with E-state index >= 15 is 0 Å². The van der Waals surface area contributed by atoms with Crippen LogP contribution in [0.5, 0.6) is 0 Å². The lowest BCUT2D eigenvalue weighted by Crippen LogP contribution is -2.43. The molecule has 0 aliphatic heterocycles. The lowest BCUT2D eigenvalue weighted by atomic mass is 9.95. The highest BCUT2D eigenvalue weighted by Gasteiger charge is 2.26. The number of aromatic nitrogens is 2. The monoisotopic (exact) mass is 287 g/mol. The minimum absolute atomic E-state index is 0.213. The summed E-state index contributed by atoms with van der Waals surface area (Å²) in [5, 5.41) is 22.1. The van der Waals surface area contributed by atoms with E-state index in [2.05, 4.69) is 15.3 Å². The Hall–Kier alpha value is -0.910. The summed E-state index contributed by atoms with van der Waals surface area (Å²) in [4.78, 5) is 8.73. The fourth-order valence-electron chi connectivity index (χ4n) is 1.36. The summed E-state index contributed by atoms with van der Waals surface area (Å²) in [7, 11) is 0. The third-order valence-corrected chi connectivity index (χ3v) is 3.24. The number of nitrogens with zero attached hydrogens (tertiary/aromatic N) is 2. The highest BCUT2D eigenvalue weighted by Crippen LogP contribution is 2.27. The zero-order valence-corrected chi connectivity index (χ0v) is 12.8. The molecule has 0 unspecified atom stereocenters. The molecule has 108 valence electrons. The summed E-state index contributed by atoms with van der Waals surface area (Å²) >= 11 is 6.12. The topological polar surface area (TPSA) is 78.3 Å². The van der Waals surface area contributed by atoms with E-state index in [4.69, 9.17) is 11.6 Å². The first kappa shape index (κ1) is 16.1. The standard InChI is InChI=1S/C13H22ClN3O2/c1-8-9(14)15-11(12(2,3)4)16-10(8)17-13(5,6-18)7-19/h18-19H,6-7H2,1-5H3,(H,15,16,17). The Labute approximate surface area is 119 Å². The summed E-state index contributed by atoms with van der Waals surface area (Å²) in [5.74, 6) is 1.15. The molecule has 0 radical (unpaired) electrons. The van der Waals surface area contributed by atoms with Crippen molar-refractivity contribution in [3.05, 3.63) is 16.5 Å². The minimum atomic E-state index is -0.850. The normalized spacial score (nSPS) is 12.6. The molecular formula is C13H22ClN3O2. The Morgan fingerprint density at radius 1 is 1.11 bits per heavy atom. The molecule has 0 bridgehead atoms. The van der Waals surface area contributed by atoms with E-state index in [9.17, 15) is 10.2 Å². The summed E-state index contributed by atoms with van der Waals surface area (Å²) in [6, 6.07) is 0. The second kappa shape index (κ2) is 5.61. The Bertz CT molecular complexity index is 454. The van der Waals surface area contributed by atoms with Crippen molar-refractivity contribution in [2.75, 3.05) is 18.5 Å². The quantitative estimate of drug-likeness (QED) is 0.737. The van der Waals surface area contributed by atoms with Crippen molar-refractivity contribution in [1.29, 1.82) is 0 Å². The van der Waals surface area contributed by atoms with Gasteiger partial charge in [-0.05, 0) is 13.8 Å². The number of hydrogen-bond acceptors (Lipinski definition) is 5. The molecule has 0 aliphatic rings. The predicted octanol–water partition coefficient (Wildman–Crippen LogP) is 1.89. The van der Waals surface area contributed by atoms with Gasteiger partial charge in [-0.3, -0.25) is 0 Å². The van der Waals surface area contributed by atoms with Gasteiger partial charge in [-0.15, -0.1) is 0 Å². The Kier molecular flexibility index (Phi) is 4.76. The van der Waals surface area contributed by atoms with E-state index in [0.29, 0.717) is 22.4 Å². The lowest BCUT2D eigenvalue weighted by Gasteiger charge is -2.29. The molecule has 0 saturated carbocycles. The van der Waals surface area contributed by atoms with Gasteiger partial charge < -0.3 is 15.5 Å². The third-order valence-electron chi connectivity index (χ3n) is 2.88. The van der Waals surface area contributed by atoms with Crippen molar-refractivity contribution in [2.24, 2.45) is 0 Å². The van der Waals surface area contributed by atoms with E-state index in [1.54, 1.807) is 13.8 Å². The fraction of sp³-hybridized carbons (Fsp3) is 0.692. The van der Waals surface area contributed by atoms with Crippen LogP contribution in [0.4, 0.5) is 5.82 Å². The van der Waals surface area contributed by atoms with Gasteiger partial charge in [-0.25, -0.2) is 9.97 Å². The van der Waals surface area contributed by atoms with Crippen molar-refractivity contribution in [3.63, 3.8) is 0 Å². The molecule has 0 fully saturated rings. The highest BCUT2D eigenvalue weighted by atomic mass is 35.5. The number of nitrogens with one attached hydrogen (secondary N) is 1. The Morgan fingerprint density at radius 3 is 2.05 bits per heavy atom. The second-order valence-electron chi connectivity index (χ2n) is 6.06. The minimum Gasteiger partial charge on any atom is -0.394 e. The van der Waals surface area contributed by atoms with E-state index in [0.717, 1.165) is 0 Å². The van der Waals surface area contributed by atoms with Gasteiger partial charge in [0, 0.05) is 11.0 Å². The summed E-state index contributed by atoms with van der Waals surface area (Å²) in [6.07, 6.45) is 0. The van der Waals surface area contributed by atoms with Crippen molar-refractivity contribution in [2.45, 2.75) is 45.6 Å². The molecule has 0 spiro atoms. The van der Waals surface area contributed by atoms with Gasteiger partial charge in [0.2, 0.25) is 0 Å². The first-order valence-corrected chi connectivity index (χ1v) is 6.55. The highest BCUT2D eigenvalue weighted by molar-refractivity contribution is 6.30. The van der Waals surface area contributed by atoms with Gasteiger partial charge >= 0.3 is 0 Å². The largest absolute Gasteiger partial charge is 0.394 e. The molecule has 5 nitrogen and oxygen atoms in total. The number of halogens is 1. The van der Waals surface area contributed by atoms with Gasteiger partial charge in [0.1, 0.15) is 16.8 Å². The molecule has 0 aliphatic carbocycles. The molecule has 1 aromatic rings. The molecule has 1 aromatic heterocycles. The van der Waals surface area contributed by atoms with Gasteiger partial charge in [0.25, 0.3) is 0 Å². The average molecular weight is 288 g/mol. The number of rotatable bonds is 4. The molecular weight excluding hydrogens is 266 g/mol. The third kappa shape index (κ3) is 3.78. The molecule has 6 heteroatoms. The first-order valence-electron chi connectivity index (χ1n) is 6.17. The van der Waals surface area contributed by atoms with Crippen LogP contribution in [0.15, 0.2) is 0 Å². The zero-order chi connectivity index (χ0) is 14.8. The Morgan fingerprint density at radius 2 is 1.63 bits per heavy atom. The maximum absolute atomic E-state index is 9.34. The van der Waals surface area contributed by atoms with Crippen LogP contribution >= 0.6 is 11.6 Å². The number of hydrogen-bond donors (Lipinski definition) is 3. The number of aliphatic hydroxyl groups excluding tert-OH is 2. The van der Waals surface area contributed by atoms with Crippen LogP contribution in [-0.2, 0) is 5.41 Å². The molecule has 0 amide bonds. The fourth-order valence-corrected chi connectivity index (χ4v) is 1.53. The predicted molar refractivity (Wildman–Crippen MR) is 76.7 cm³/mol. The summed E-state index contributed by atoms with van der Waals surface area (Å²) < 4.78 is 0. The van der Waals surface area contributed by atoms with Crippen LogP contribution in [0.1, 0.15) is 39.1 Å². The molecule has 19 heavy (non-hydrogen) atoms. The smallest absolute Gasteiger partial charge is 0.137 e. The molecule has 1 rings (SSSR count). The van der Waals surface area contributed by atoms with Crippen molar-refractivity contribution < 1.29 is 10.2 Å². The second-order valence-corrected chi connectivity index (χ2v) is 6.42. The van der Waals surface area contributed by atoms with Crippen molar-refractivity contribution >= 4 is 17.4 Å². The molecule has 0 saturated heterocycles. The van der Waals surface area contributed by atoms with Crippen LogP contribution in [-0.4, -0.2) is 38.9 Å². The van der Waals surface area contributed by atoms with Gasteiger partial charge in [0.15, 0.2) is 0 Å². The lowest BCUT2D eigenvalue weighted by molar-refractivity contribution is 0.147. The molecule has 3 N–H and O–H groups in total. The van der Waals surface area contributed by atoms with Gasteiger partial charge in [0.05, 0.1) is 18.8 Å². The Balaban J connectivity index is 3.24. The number of aliphatic hydroxyl groups is 2. The van der Waals surface area contributed by atoms with Gasteiger partial charge in [-0.2, -0.15) is 0 Å².